The third-order valence-electron chi connectivity index (χ3n) is 3.98. The summed E-state index contributed by atoms with van der Waals surface area (Å²) >= 11 is 3.19. The number of hydrogen-bond acceptors (Lipinski definition) is 5. The van der Waals surface area contributed by atoms with Crippen molar-refractivity contribution < 1.29 is 18.0 Å². The fraction of sp³-hybridized carbons (Fsp3) is 0.500. The Morgan fingerprint density at radius 1 is 1.44 bits per heavy atom. The maximum atomic E-state index is 12.4. The van der Waals surface area contributed by atoms with Crippen LogP contribution in [0.15, 0.2) is 30.3 Å². The fourth-order valence-corrected chi connectivity index (χ4v) is 4.18. The summed E-state index contributed by atoms with van der Waals surface area (Å²) in [6.45, 7) is 6.51. The molecule has 1 aliphatic rings. The second kappa shape index (κ2) is 7.60. The third-order valence-corrected chi connectivity index (χ3v) is 6.16. The van der Waals surface area contributed by atoms with Crippen LogP contribution >= 0.6 is 12.8 Å². The lowest BCUT2D eigenvalue weighted by molar-refractivity contribution is -0.779. The summed E-state index contributed by atoms with van der Waals surface area (Å²) in [6.07, 6.45) is 5.42. The number of thiol groups is 1. The van der Waals surface area contributed by atoms with Gasteiger partial charge in [0.2, 0.25) is 0 Å². The molecule has 1 atom stereocenters. The van der Waals surface area contributed by atoms with E-state index in [1.807, 2.05) is 51.1 Å². The molecule has 0 spiro atoms. The van der Waals surface area contributed by atoms with Crippen LogP contribution in [0.2, 0.25) is 0 Å². The Bertz CT molecular complexity index is 647. The molecule has 1 aromatic rings. The van der Waals surface area contributed by atoms with Gasteiger partial charge in [-0.1, -0.05) is 30.3 Å². The topological polar surface area (TPSA) is 61.4 Å². The summed E-state index contributed by atoms with van der Waals surface area (Å²) in [4.78, 5) is 12.4. The van der Waals surface area contributed by atoms with Gasteiger partial charge in [0, 0.05) is 17.8 Å². The molecule has 0 radical (unpaired) electrons. The zero-order chi connectivity index (χ0) is 18.7. The van der Waals surface area contributed by atoms with Crippen LogP contribution in [-0.2, 0) is 22.7 Å². The van der Waals surface area contributed by atoms with Gasteiger partial charge in [-0.15, -0.1) is 17.1 Å². The van der Waals surface area contributed by atoms with Gasteiger partial charge in [-0.2, -0.15) is 8.68 Å². The average Bonchev–Trinajstić information content (AvgIpc) is 2.51. The van der Waals surface area contributed by atoms with Crippen LogP contribution < -0.4 is 4.72 Å². The molecule has 2 rings (SSSR count). The van der Waals surface area contributed by atoms with Crippen LogP contribution in [0.3, 0.4) is 0 Å². The lowest BCUT2D eigenvalue weighted by Crippen LogP contribution is -2.77. The number of quaternary nitrogens is 1. The molecule has 1 saturated heterocycles. The Morgan fingerprint density at radius 2 is 2.04 bits per heavy atom. The predicted octanol–water partition coefficient (Wildman–Crippen LogP) is 2.81. The van der Waals surface area contributed by atoms with Gasteiger partial charge in [-0.25, -0.2) is 0 Å². The van der Waals surface area contributed by atoms with E-state index in [2.05, 4.69) is 23.5 Å². The standard InChI is InChI=1S/C18H25N2O3S2/c1-5-11-18(19-25(22)17(2,3)4)13-20(24,14-18)16(21)23-12-15-9-7-6-8-10-15/h1,6-10,19,24H,11-14H2,2-4H3/q+1. The maximum absolute atomic E-state index is 12.4. The second-order valence-corrected chi connectivity index (χ2v) is 10.2. The van der Waals surface area contributed by atoms with E-state index in [1.165, 1.54) is 0 Å². The molecule has 1 aromatic carbocycles. The van der Waals surface area contributed by atoms with Gasteiger partial charge >= 0.3 is 6.09 Å². The molecule has 5 nitrogen and oxygen atoms in total. The first kappa shape index (κ1) is 20.1. The van der Waals surface area contributed by atoms with Gasteiger partial charge in [0.15, 0.2) is 5.54 Å². The molecule has 0 saturated carbocycles. The Kier molecular flexibility index (Phi) is 6.13. The zero-order valence-corrected chi connectivity index (χ0v) is 16.5. The normalized spacial score (nSPS) is 27.0. The monoisotopic (exact) mass is 381 g/mol. The van der Waals surface area contributed by atoms with E-state index in [9.17, 15) is 9.35 Å². The predicted molar refractivity (Wildman–Crippen MR) is 103 cm³/mol. The Morgan fingerprint density at radius 3 is 2.56 bits per heavy atom. The van der Waals surface area contributed by atoms with Crippen LogP contribution in [0.4, 0.5) is 4.79 Å². The smallest absolute Gasteiger partial charge is 0.528 e. The number of ether oxygens (including phenoxy) is 1. The molecule has 0 aromatic heterocycles. The summed E-state index contributed by atoms with van der Waals surface area (Å²) in [7, 11) is 0. The van der Waals surface area contributed by atoms with Crippen LogP contribution in [0.25, 0.3) is 0 Å². The van der Waals surface area contributed by atoms with Gasteiger partial charge in [0.25, 0.3) is 0 Å². The summed E-state index contributed by atoms with van der Waals surface area (Å²) < 4.78 is 20.3. The number of rotatable bonds is 5. The summed E-state index contributed by atoms with van der Waals surface area (Å²) in [5, 5.41) is 0. The van der Waals surface area contributed by atoms with E-state index in [0.717, 1.165) is 5.56 Å². The van der Waals surface area contributed by atoms with Crippen LogP contribution in [0.5, 0.6) is 0 Å². The van der Waals surface area contributed by atoms with E-state index in [0.29, 0.717) is 19.5 Å². The van der Waals surface area contributed by atoms with E-state index in [1.54, 1.807) is 0 Å². The highest BCUT2D eigenvalue weighted by Crippen LogP contribution is 2.37. The molecule has 1 fully saturated rings. The quantitative estimate of drug-likeness (QED) is 0.356. The van der Waals surface area contributed by atoms with Crippen molar-refractivity contribution in [3.05, 3.63) is 35.9 Å². The number of terminal acetylenes is 1. The van der Waals surface area contributed by atoms with E-state index in [4.69, 9.17) is 11.2 Å². The van der Waals surface area contributed by atoms with Crippen molar-refractivity contribution in [1.29, 1.82) is 0 Å². The SMILES string of the molecule is C#CCC1(N[S+]([O-])C(C)(C)C)C[N+](S)(C(=O)OCc2ccccc2)C1. The molecule has 1 aliphatic heterocycles. The number of carbonyl (C=O) groups is 1. The Balaban J connectivity index is 1.97. The lowest BCUT2D eigenvalue weighted by atomic mass is 9.88. The van der Waals surface area contributed by atoms with E-state index < -0.39 is 27.7 Å². The average molecular weight is 382 g/mol. The lowest BCUT2D eigenvalue weighted by Gasteiger charge is -2.49. The first-order valence-electron chi connectivity index (χ1n) is 8.05. The van der Waals surface area contributed by atoms with Gasteiger partial charge in [-0.05, 0) is 26.3 Å². The van der Waals surface area contributed by atoms with E-state index in [-0.39, 0.29) is 10.5 Å². The Hall–Kier alpha value is -1.17. The van der Waals surface area contributed by atoms with Gasteiger partial charge < -0.3 is 9.29 Å². The highest BCUT2D eigenvalue weighted by Gasteiger charge is 2.63. The van der Waals surface area contributed by atoms with Crippen molar-refractivity contribution in [2.45, 2.75) is 44.1 Å². The molecule has 1 unspecified atom stereocenters. The number of amides is 1. The molecule has 25 heavy (non-hydrogen) atoms. The summed E-state index contributed by atoms with van der Waals surface area (Å²) in [5.74, 6) is 2.61. The van der Waals surface area contributed by atoms with Crippen molar-refractivity contribution in [1.82, 2.24) is 4.72 Å². The van der Waals surface area contributed by atoms with Gasteiger partial charge in [-0.3, -0.25) is 0 Å². The van der Waals surface area contributed by atoms with Crippen molar-refractivity contribution in [2.75, 3.05) is 13.1 Å². The summed E-state index contributed by atoms with van der Waals surface area (Å²) in [6, 6.07) is 9.47. The largest absolute Gasteiger partial charge is 0.598 e. The first-order chi connectivity index (χ1) is 11.6. The molecular weight excluding hydrogens is 356 g/mol. The van der Waals surface area contributed by atoms with Crippen molar-refractivity contribution in [3.8, 4) is 12.3 Å². The summed E-state index contributed by atoms with van der Waals surface area (Å²) in [5.41, 5.74) is 0.346. The van der Waals surface area contributed by atoms with Crippen LogP contribution in [0.1, 0.15) is 32.8 Å². The number of nitrogens with zero attached hydrogens (tertiary/aromatic N) is 1. The molecule has 7 heteroatoms. The second-order valence-electron chi connectivity index (χ2n) is 7.42. The third kappa shape index (κ3) is 4.93. The molecule has 1 heterocycles. The Labute approximate surface area is 158 Å². The molecule has 1 N–H and O–H groups in total. The highest BCUT2D eigenvalue weighted by molar-refractivity contribution is 7.90. The van der Waals surface area contributed by atoms with E-state index >= 15 is 0 Å². The minimum atomic E-state index is -1.28. The number of hydrogen-bond donors (Lipinski definition) is 2. The highest BCUT2D eigenvalue weighted by atomic mass is 32.2. The molecule has 0 bridgehead atoms. The fourth-order valence-electron chi connectivity index (χ4n) is 2.68. The minimum Gasteiger partial charge on any atom is -0.598 e. The van der Waals surface area contributed by atoms with Crippen LogP contribution in [-0.4, -0.2) is 37.9 Å². The molecule has 0 aliphatic carbocycles. The van der Waals surface area contributed by atoms with Gasteiger partial charge in [0.1, 0.15) is 24.4 Å². The van der Waals surface area contributed by atoms with Crippen molar-refractivity contribution in [3.63, 3.8) is 0 Å². The number of nitrogens with one attached hydrogen (secondary N) is 1. The zero-order valence-electron chi connectivity index (χ0n) is 14.8. The minimum absolute atomic E-state index is 0.178. The molecule has 1 amide bonds. The van der Waals surface area contributed by atoms with Crippen molar-refractivity contribution >= 4 is 30.3 Å². The molecule has 136 valence electrons. The van der Waals surface area contributed by atoms with Gasteiger partial charge in [0.05, 0.1) is 12.8 Å². The first-order valence-corrected chi connectivity index (χ1v) is 9.59. The number of likely N-dealkylation sites (tertiary alicyclic amines) is 1. The van der Waals surface area contributed by atoms with Crippen molar-refractivity contribution in [2.24, 2.45) is 0 Å². The molecular formula is C18H25N2O3S2+. The number of carbonyl (C=O) groups excluding carboxylic acids is 1. The maximum Gasteiger partial charge on any atom is 0.528 e. The van der Waals surface area contributed by atoms with Crippen LogP contribution in [0, 0.1) is 12.3 Å². The number of benzene rings is 1.